The van der Waals surface area contributed by atoms with Crippen molar-refractivity contribution in [2.24, 2.45) is 0 Å². The van der Waals surface area contributed by atoms with Crippen LogP contribution in [-0.4, -0.2) is 46.0 Å². The Bertz CT molecular complexity index is 108. The summed E-state index contributed by atoms with van der Waals surface area (Å²) in [6.07, 6.45) is 0.492. The van der Waals surface area contributed by atoms with Crippen LogP contribution in [0.1, 0.15) is 6.42 Å². The molecule has 9 heteroatoms. The normalized spacial score (nSPS) is 21.8. The van der Waals surface area contributed by atoms with E-state index < -0.39 is 9.28 Å². The Kier molecular flexibility index (Phi) is 6.32. The van der Waals surface area contributed by atoms with Gasteiger partial charge in [-0.3, -0.25) is 4.39 Å². The van der Waals surface area contributed by atoms with Crippen molar-refractivity contribution < 1.29 is 20.9 Å². The fourth-order valence-electron chi connectivity index (χ4n) is 0.524. The maximum atomic E-state index is 11.8. The second-order valence-electron chi connectivity index (χ2n) is 1.82. The van der Waals surface area contributed by atoms with Crippen molar-refractivity contribution in [1.82, 2.24) is 0 Å². The Hall–Kier alpha value is 0.638. The van der Waals surface area contributed by atoms with E-state index in [1.54, 1.807) is 0 Å². The number of hydrogen-bond acceptors (Lipinski definition) is 4. The molecule has 1 fully saturated rings. The highest BCUT2D eigenvalue weighted by Crippen LogP contribution is 2.02. The molecule has 1 heterocycles. The van der Waals surface area contributed by atoms with Crippen molar-refractivity contribution in [1.29, 1.82) is 0 Å². The monoisotopic (exact) mass is 237 g/mol. The van der Waals surface area contributed by atoms with Crippen molar-refractivity contribution >= 4 is 39.3 Å². The van der Waals surface area contributed by atoms with Crippen LogP contribution >= 0.6 is 0 Å². The van der Waals surface area contributed by atoms with Crippen LogP contribution in [0.15, 0.2) is 0 Å². The molecule has 1 aliphatic rings. The predicted octanol–water partition coefficient (Wildman–Crippen LogP) is -0.483. The topological polar surface area (TPSA) is 36.9 Å². The third-order valence-electron chi connectivity index (χ3n) is 0.992. The first-order chi connectivity index (χ1) is 5.93. The third kappa shape index (κ3) is 4.61. The van der Waals surface area contributed by atoms with Crippen LogP contribution in [0.4, 0.5) is 4.39 Å². The Morgan fingerprint density at radius 3 is 2.33 bits per heavy atom. The van der Waals surface area contributed by atoms with Crippen molar-refractivity contribution in [3.8, 4) is 0 Å². The maximum Gasteiger partial charge on any atom is 0.412 e. The average molecular weight is 237 g/mol. The molecule has 4 nitrogen and oxygen atoms in total. The van der Waals surface area contributed by atoms with Gasteiger partial charge in [-0.1, -0.05) is 0 Å². The Labute approximate surface area is 79.8 Å². The average Bonchev–Trinajstić information content (AvgIpc) is 2.02. The minimum atomic E-state index is -1.33. The SMILES string of the molecule is FCCC[Si]1O[Si]O[Si]O[Si]O1. The molecular formula is C3H6FO4Si4. The van der Waals surface area contributed by atoms with Crippen molar-refractivity contribution in [2.75, 3.05) is 6.67 Å². The lowest BCUT2D eigenvalue weighted by Crippen LogP contribution is -2.33. The molecule has 0 aromatic heterocycles. The van der Waals surface area contributed by atoms with Crippen LogP contribution in [-0.2, 0) is 16.5 Å². The number of rotatable bonds is 3. The number of alkyl halides is 1. The van der Waals surface area contributed by atoms with Crippen molar-refractivity contribution in [2.45, 2.75) is 12.5 Å². The highest BCUT2D eigenvalue weighted by Gasteiger charge is 2.19. The molecule has 1 saturated heterocycles. The van der Waals surface area contributed by atoms with E-state index >= 15 is 0 Å². The van der Waals surface area contributed by atoms with Gasteiger partial charge in [0.05, 0.1) is 6.67 Å². The van der Waals surface area contributed by atoms with Crippen molar-refractivity contribution in [3.63, 3.8) is 0 Å². The summed E-state index contributed by atoms with van der Waals surface area (Å²) in [5.74, 6) is 0. The molecule has 65 valence electrons. The largest absolute Gasteiger partial charge is 0.413 e. The van der Waals surface area contributed by atoms with E-state index in [-0.39, 0.29) is 36.7 Å². The first-order valence-electron chi connectivity index (χ1n) is 3.25. The summed E-state index contributed by atoms with van der Waals surface area (Å²) < 4.78 is 32.2. The highest BCUT2D eigenvalue weighted by atomic mass is 28.4. The molecule has 7 radical (unpaired) electrons. The Balaban J connectivity index is 2.11. The lowest BCUT2D eigenvalue weighted by Gasteiger charge is -2.15. The van der Waals surface area contributed by atoms with Gasteiger partial charge in [0.15, 0.2) is 0 Å². The standard InChI is InChI=1S/C3H6FO4Si4/c4-2-1-3-12-7-10-5-9-6-11-8-12/h1-3H2. The van der Waals surface area contributed by atoms with Crippen LogP contribution in [0.2, 0.25) is 6.04 Å². The predicted molar refractivity (Wildman–Crippen MR) is 42.8 cm³/mol. The first kappa shape index (κ1) is 10.7. The number of halogens is 1. The quantitative estimate of drug-likeness (QED) is 0.621. The fraction of sp³-hybridized carbons (Fsp3) is 1.00. The molecule has 0 aliphatic carbocycles. The summed E-state index contributed by atoms with van der Waals surface area (Å²) >= 11 is 0. The summed E-state index contributed by atoms with van der Waals surface area (Å²) in [6, 6.07) is 0.650. The molecule has 0 aromatic carbocycles. The minimum absolute atomic E-state index is 0.000746. The van der Waals surface area contributed by atoms with E-state index in [2.05, 4.69) is 0 Å². The van der Waals surface area contributed by atoms with Gasteiger partial charge in [-0.25, -0.2) is 0 Å². The molecule has 0 aromatic rings. The molecule has 0 spiro atoms. The van der Waals surface area contributed by atoms with E-state index in [0.717, 1.165) is 0 Å². The molecule has 12 heavy (non-hydrogen) atoms. The van der Waals surface area contributed by atoms with Gasteiger partial charge in [0.1, 0.15) is 0 Å². The van der Waals surface area contributed by atoms with E-state index in [9.17, 15) is 4.39 Å². The van der Waals surface area contributed by atoms with Crippen LogP contribution in [0.3, 0.4) is 0 Å². The molecular weight excluding hydrogens is 231 g/mol. The van der Waals surface area contributed by atoms with Gasteiger partial charge >= 0.3 is 39.3 Å². The second-order valence-corrected chi connectivity index (χ2v) is 6.83. The molecule has 1 rings (SSSR count). The summed E-state index contributed by atoms with van der Waals surface area (Å²) in [4.78, 5) is 0. The van der Waals surface area contributed by atoms with Gasteiger partial charge in [0.2, 0.25) is 0 Å². The molecule has 0 saturated carbocycles. The molecule has 1 aliphatic heterocycles. The van der Waals surface area contributed by atoms with Gasteiger partial charge in [0, 0.05) is 0 Å². The lowest BCUT2D eigenvalue weighted by molar-refractivity contribution is 0.325. The van der Waals surface area contributed by atoms with Crippen LogP contribution in [0, 0.1) is 0 Å². The summed E-state index contributed by atoms with van der Waals surface area (Å²) in [5, 5.41) is 0. The van der Waals surface area contributed by atoms with Crippen LogP contribution in [0.5, 0.6) is 0 Å². The Morgan fingerprint density at radius 2 is 1.75 bits per heavy atom. The van der Waals surface area contributed by atoms with Gasteiger partial charge in [-0.05, 0) is 12.5 Å². The third-order valence-corrected chi connectivity index (χ3v) is 5.58. The smallest absolute Gasteiger partial charge is 0.412 e. The van der Waals surface area contributed by atoms with Crippen LogP contribution < -0.4 is 0 Å². The maximum absolute atomic E-state index is 11.8. The van der Waals surface area contributed by atoms with Crippen molar-refractivity contribution in [3.05, 3.63) is 0 Å². The van der Waals surface area contributed by atoms with Gasteiger partial charge in [-0.15, -0.1) is 0 Å². The Morgan fingerprint density at radius 1 is 1.08 bits per heavy atom. The minimum Gasteiger partial charge on any atom is -0.413 e. The zero-order valence-corrected chi connectivity index (χ0v) is 10.1. The molecule has 0 N–H and O–H groups in total. The van der Waals surface area contributed by atoms with Gasteiger partial charge in [0.25, 0.3) is 0 Å². The second kappa shape index (κ2) is 7.08. The summed E-state index contributed by atoms with van der Waals surface area (Å²) in [7, 11) is -1.39. The van der Waals surface area contributed by atoms with E-state index in [4.69, 9.17) is 16.5 Å². The molecule has 0 amide bonds. The molecule has 0 unspecified atom stereocenters. The summed E-state index contributed by atoms with van der Waals surface area (Å²) in [6.45, 7) is -0.323. The summed E-state index contributed by atoms with van der Waals surface area (Å²) in [5.41, 5.74) is 0. The molecule has 0 atom stereocenters. The zero-order valence-electron chi connectivity index (χ0n) is 6.13. The lowest BCUT2D eigenvalue weighted by atomic mass is 10.6. The highest BCUT2D eigenvalue weighted by molar-refractivity contribution is 6.59. The first-order valence-corrected chi connectivity index (χ1v) is 7.23. The number of hydrogen-bond donors (Lipinski definition) is 0. The van der Waals surface area contributed by atoms with Gasteiger partial charge in [-0.2, -0.15) is 0 Å². The zero-order chi connectivity index (χ0) is 8.65. The van der Waals surface area contributed by atoms with E-state index in [1.807, 2.05) is 0 Å². The van der Waals surface area contributed by atoms with Crippen LogP contribution in [0.25, 0.3) is 0 Å². The van der Waals surface area contributed by atoms with Gasteiger partial charge < -0.3 is 16.5 Å². The molecule has 0 bridgehead atoms. The van der Waals surface area contributed by atoms with E-state index in [0.29, 0.717) is 12.5 Å². The fourth-order valence-corrected chi connectivity index (χ4v) is 4.94. The van der Waals surface area contributed by atoms with E-state index in [1.165, 1.54) is 0 Å².